The average Bonchev–Trinajstić information content (AvgIpc) is 3.23. The Kier molecular flexibility index (Phi) is 4.95. The summed E-state index contributed by atoms with van der Waals surface area (Å²) >= 11 is 7.26. The van der Waals surface area contributed by atoms with Gasteiger partial charge in [-0.05, 0) is 50.2 Å². The minimum atomic E-state index is -0.471. The lowest BCUT2D eigenvalue weighted by Crippen LogP contribution is -2.06. The molecule has 0 aliphatic heterocycles. The first-order chi connectivity index (χ1) is 13.5. The molecule has 0 amide bonds. The largest absolute Gasteiger partial charge is 0.318 e. The Hall–Kier alpha value is -2.64. The van der Waals surface area contributed by atoms with Crippen molar-refractivity contribution in [1.82, 2.24) is 19.2 Å². The smallest absolute Gasteiger partial charge is 0.196 e. The van der Waals surface area contributed by atoms with Gasteiger partial charge in [-0.1, -0.05) is 29.4 Å². The van der Waals surface area contributed by atoms with Gasteiger partial charge in [0.1, 0.15) is 5.82 Å². The normalized spacial score (nSPS) is 11.3. The second-order valence-corrected chi connectivity index (χ2v) is 7.69. The minimum Gasteiger partial charge on any atom is -0.318 e. The Bertz CT molecular complexity index is 1200. The maximum atomic E-state index is 13.5. The molecule has 8 heteroatoms. The third-order valence-corrected chi connectivity index (χ3v) is 5.74. The number of benzene rings is 1. The number of ketones is 1. The number of Topliss-reactive ketones (excluding diaryl/α,β-unsaturated/α-hetero) is 1. The van der Waals surface area contributed by atoms with Crippen LogP contribution in [0.3, 0.4) is 0 Å². The number of thioether (sulfide) groups is 1. The van der Waals surface area contributed by atoms with Gasteiger partial charge in [0.15, 0.2) is 16.6 Å². The summed E-state index contributed by atoms with van der Waals surface area (Å²) in [5, 5.41) is 8.95. The number of carbonyl (C=O) groups is 1. The van der Waals surface area contributed by atoms with Crippen LogP contribution in [0.5, 0.6) is 0 Å². The quantitative estimate of drug-likeness (QED) is 0.344. The summed E-state index contributed by atoms with van der Waals surface area (Å²) in [4.78, 5) is 12.8. The predicted octanol–water partition coefficient (Wildman–Crippen LogP) is 4.90. The summed E-state index contributed by atoms with van der Waals surface area (Å²) in [6, 6.07) is 12.0. The molecule has 4 rings (SSSR count). The fourth-order valence-electron chi connectivity index (χ4n) is 3.19. The van der Waals surface area contributed by atoms with Crippen molar-refractivity contribution >= 4 is 34.8 Å². The highest BCUT2D eigenvalue weighted by molar-refractivity contribution is 7.99. The zero-order valence-corrected chi connectivity index (χ0v) is 16.8. The van der Waals surface area contributed by atoms with Gasteiger partial charge in [-0.3, -0.25) is 9.20 Å². The molecule has 0 saturated carbocycles. The van der Waals surface area contributed by atoms with E-state index in [4.69, 9.17) is 11.6 Å². The third-order valence-electron chi connectivity index (χ3n) is 4.51. The van der Waals surface area contributed by atoms with Crippen molar-refractivity contribution in [2.24, 2.45) is 0 Å². The summed E-state index contributed by atoms with van der Waals surface area (Å²) in [5.74, 6) is -0.240. The molecule has 3 heterocycles. The van der Waals surface area contributed by atoms with E-state index in [0.717, 1.165) is 22.7 Å². The van der Waals surface area contributed by atoms with Crippen molar-refractivity contribution in [3.05, 3.63) is 76.5 Å². The first kappa shape index (κ1) is 18.7. The van der Waals surface area contributed by atoms with E-state index in [2.05, 4.69) is 10.2 Å². The highest BCUT2D eigenvalue weighted by atomic mass is 35.5. The molecule has 0 aliphatic carbocycles. The van der Waals surface area contributed by atoms with Crippen molar-refractivity contribution < 1.29 is 9.18 Å². The molecule has 0 fully saturated rings. The Balaban J connectivity index is 1.59. The van der Waals surface area contributed by atoms with Crippen LogP contribution in [0.15, 0.2) is 53.8 Å². The molecule has 4 aromatic rings. The summed E-state index contributed by atoms with van der Waals surface area (Å²) in [6.07, 6.45) is 1.87. The zero-order chi connectivity index (χ0) is 19.8. The molecule has 0 N–H and O–H groups in total. The summed E-state index contributed by atoms with van der Waals surface area (Å²) in [5.41, 5.74) is 3.75. The number of fused-ring (bicyclic) bond motifs is 1. The standard InChI is InChI=1S/C20H16ClFN4OS/c1-12-9-15(13(2)26(12)14-6-7-17(22)16(21)10-14)18(27)11-28-20-24-23-19-5-3-4-8-25(19)20/h3-10H,11H2,1-2H3. The van der Waals surface area contributed by atoms with Gasteiger partial charge in [0.25, 0.3) is 0 Å². The topological polar surface area (TPSA) is 52.2 Å². The number of hydrogen-bond acceptors (Lipinski definition) is 4. The van der Waals surface area contributed by atoms with Gasteiger partial charge >= 0.3 is 0 Å². The molecule has 0 saturated heterocycles. The molecular weight excluding hydrogens is 399 g/mol. The van der Waals surface area contributed by atoms with Crippen molar-refractivity contribution in [2.45, 2.75) is 19.0 Å². The van der Waals surface area contributed by atoms with Gasteiger partial charge in [0.2, 0.25) is 0 Å². The van der Waals surface area contributed by atoms with Gasteiger partial charge in [0.05, 0.1) is 10.8 Å². The van der Waals surface area contributed by atoms with Gasteiger partial charge < -0.3 is 4.57 Å². The van der Waals surface area contributed by atoms with Crippen molar-refractivity contribution in [2.75, 3.05) is 5.75 Å². The van der Waals surface area contributed by atoms with Crippen LogP contribution < -0.4 is 0 Å². The highest BCUT2D eigenvalue weighted by Gasteiger charge is 2.18. The Morgan fingerprint density at radius 3 is 2.79 bits per heavy atom. The Morgan fingerprint density at radius 2 is 2.00 bits per heavy atom. The Morgan fingerprint density at radius 1 is 1.18 bits per heavy atom. The minimum absolute atomic E-state index is 0.00904. The van der Waals surface area contributed by atoms with Gasteiger partial charge in [-0.25, -0.2) is 4.39 Å². The van der Waals surface area contributed by atoms with Crippen LogP contribution in [0.4, 0.5) is 4.39 Å². The van der Waals surface area contributed by atoms with E-state index in [0.29, 0.717) is 10.7 Å². The number of carbonyl (C=O) groups excluding carboxylic acids is 1. The van der Waals surface area contributed by atoms with Crippen LogP contribution in [-0.4, -0.2) is 30.7 Å². The molecule has 0 bridgehead atoms. The van der Waals surface area contributed by atoms with E-state index < -0.39 is 5.82 Å². The lowest BCUT2D eigenvalue weighted by atomic mass is 10.2. The van der Waals surface area contributed by atoms with Crippen molar-refractivity contribution in [1.29, 1.82) is 0 Å². The van der Waals surface area contributed by atoms with E-state index in [1.165, 1.54) is 17.8 Å². The van der Waals surface area contributed by atoms with Crippen molar-refractivity contribution in [3.8, 4) is 5.69 Å². The molecule has 142 valence electrons. The number of hydrogen-bond donors (Lipinski definition) is 0. The fraction of sp³-hybridized carbons (Fsp3) is 0.150. The molecule has 28 heavy (non-hydrogen) atoms. The van der Waals surface area contributed by atoms with Gasteiger partial charge in [-0.15, -0.1) is 10.2 Å². The van der Waals surface area contributed by atoms with E-state index in [9.17, 15) is 9.18 Å². The van der Waals surface area contributed by atoms with E-state index >= 15 is 0 Å². The zero-order valence-electron chi connectivity index (χ0n) is 15.2. The maximum Gasteiger partial charge on any atom is 0.196 e. The number of pyridine rings is 1. The SMILES string of the molecule is Cc1cc(C(=O)CSc2nnc3ccccn23)c(C)n1-c1ccc(F)c(Cl)c1. The van der Waals surface area contributed by atoms with Gasteiger partial charge in [-0.2, -0.15) is 0 Å². The predicted molar refractivity (Wildman–Crippen MR) is 108 cm³/mol. The second-order valence-electron chi connectivity index (χ2n) is 6.34. The van der Waals surface area contributed by atoms with Crippen LogP contribution in [0.1, 0.15) is 21.7 Å². The molecular formula is C20H16ClFN4OS. The lowest BCUT2D eigenvalue weighted by Gasteiger charge is -2.10. The van der Waals surface area contributed by atoms with E-state index in [1.807, 2.05) is 53.3 Å². The van der Waals surface area contributed by atoms with Crippen molar-refractivity contribution in [3.63, 3.8) is 0 Å². The molecule has 1 aromatic carbocycles. The third kappa shape index (κ3) is 3.31. The second kappa shape index (κ2) is 7.41. The molecule has 0 radical (unpaired) electrons. The molecule has 3 aromatic heterocycles. The monoisotopic (exact) mass is 414 g/mol. The first-order valence-electron chi connectivity index (χ1n) is 8.56. The fourth-order valence-corrected chi connectivity index (χ4v) is 4.17. The van der Waals surface area contributed by atoms with Crippen LogP contribution in [-0.2, 0) is 0 Å². The Labute approximate surface area is 170 Å². The number of aromatic nitrogens is 4. The molecule has 0 aliphatic rings. The summed E-state index contributed by atoms with van der Waals surface area (Å²) in [6.45, 7) is 3.77. The van der Waals surface area contributed by atoms with Crippen LogP contribution in [0.25, 0.3) is 11.3 Å². The number of rotatable bonds is 5. The number of aryl methyl sites for hydroxylation is 1. The number of halogens is 2. The van der Waals surface area contributed by atoms with Crippen LogP contribution in [0, 0.1) is 19.7 Å². The molecule has 0 atom stereocenters. The van der Waals surface area contributed by atoms with E-state index in [-0.39, 0.29) is 16.6 Å². The first-order valence-corrected chi connectivity index (χ1v) is 9.92. The van der Waals surface area contributed by atoms with Gasteiger partial charge in [0, 0.05) is 28.8 Å². The summed E-state index contributed by atoms with van der Waals surface area (Å²) < 4.78 is 17.2. The molecule has 0 unspecified atom stereocenters. The summed E-state index contributed by atoms with van der Waals surface area (Å²) in [7, 11) is 0. The average molecular weight is 415 g/mol. The lowest BCUT2D eigenvalue weighted by molar-refractivity contribution is 0.102. The number of nitrogens with zero attached hydrogens (tertiary/aromatic N) is 4. The molecule has 0 spiro atoms. The maximum absolute atomic E-state index is 13.5. The highest BCUT2D eigenvalue weighted by Crippen LogP contribution is 2.26. The molecule has 5 nitrogen and oxygen atoms in total. The van der Waals surface area contributed by atoms with Crippen LogP contribution in [0.2, 0.25) is 5.02 Å². The van der Waals surface area contributed by atoms with E-state index in [1.54, 1.807) is 12.1 Å². The van der Waals surface area contributed by atoms with Crippen LogP contribution >= 0.6 is 23.4 Å².